The molecule has 2 heterocycles. The van der Waals surface area contributed by atoms with Gasteiger partial charge in [-0.1, -0.05) is 0 Å². The van der Waals surface area contributed by atoms with Crippen LogP contribution < -0.4 is 5.73 Å². The molecule has 0 saturated heterocycles. The SMILES string of the molecule is Cn1cc(SCc2cnc(N)cn2)cn1. The number of nitrogen functional groups attached to an aromatic ring is 1. The molecule has 0 spiro atoms. The second-order valence-corrected chi connectivity index (χ2v) is 4.12. The highest BCUT2D eigenvalue weighted by molar-refractivity contribution is 7.98. The maximum atomic E-state index is 5.44. The Morgan fingerprint density at radius 1 is 1.33 bits per heavy atom. The van der Waals surface area contributed by atoms with Crippen molar-refractivity contribution in [3.05, 3.63) is 30.5 Å². The minimum Gasteiger partial charge on any atom is -0.382 e. The minimum atomic E-state index is 0.449. The monoisotopic (exact) mass is 221 g/mol. The average Bonchev–Trinajstić information content (AvgIpc) is 2.64. The smallest absolute Gasteiger partial charge is 0.141 e. The highest BCUT2D eigenvalue weighted by Crippen LogP contribution is 2.20. The summed E-state index contributed by atoms with van der Waals surface area (Å²) in [4.78, 5) is 9.26. The number of anilines is 1. The van der Waals surface area contributed by atoms with E-state index in [2.05, 4.69) is 15.1 Å². The van der Waals surface area contributed by atoms with Gasteiger partial charge in [0.25, 0.3) is 0 Å². The van der Waals surface area contributed by atoms with Gasteiger partial charge in [-0.25, -0.2) is 4.98 Å². The molecule has 0 atom stereocenters. The Morgan fingerprint density at radius 3 is 2.80 bits per heavy atom. The summed E-state index contributed by atoms with van der Waals surface area (Å²) in [5.41, 5.74) is 6.36. The lowest BCUT2D eigenvalue weighted by molar-refractivity contribution is 0.766. The van der Waals surface area contributed by atoms with E-state index in [1.807, 2.05) is 19.4 Å². The van der Waals surface area contributed by atoms with Crippen molar-refractivity contribution < 1.29 is 0 Å². The van der Waals surface area contributed by atoms with E-state index in [1.165, 1.54) is 0 Å². The highest BCUT2D eigenvalue weighted by Gasteiger charge is 1.99. The normalized spacial score (nSPS) is 10.5. The molecule has 0 fully saturated rings. The van der Waals surface area contributed by atoms with Crippen LogP contribution in [0.1, 0.15) is 5.69 Å². The minimum absolute atomic E-state index is 0.449. The summed E-state index contributed by atoms with van der Waals surface area (Å²) in [6, 6.07) is 0. The lowest BCUT2D eigenvalue weighted by Crippen LogP contribution is -1.94. The summed E-state index contributed by atoms with van der Waals surface area (Å²) in [6.07, 6.45) is 7.06. The standard InChI is InChI=1S/C9H11N5S/c1-14-5-8(3-13-14)15-6-7-2-12-9(10)4-11-7/h2-5H,6H2,1H3,(H2,10,12). The predicted molar refractivity (Wildman–Crippen MR) is 59.2 cm³/mol. The van der Waals surface area contributed by atoms with Gasteiger partial charge >= 0.3 is 0 Å². The third-order valence-corrected chi connectivity index (χ3v) is 2.78. The number of hydrogen-bond acceptors (Lipinski definition) is 5. The van der Waals surface area contributed by atoms with Gasteiger partial charge in [0.15, 0.2) is 0 Å². The molecule has 0 saturated carbocycles. The van der Waals surface area contributed by atoms with Crippen LogP contribution in [-0.2, 0) is 12.8 Å². The molecular formula is C9H11N5S. The van der Waals surface area contributed by atoms with Crippen molar-refractivity contribution in [1.82, 2.24) is 19.7 Å². The first kappa shape index (κ1) is 9.97. The van der Waals surface area contributed by atoms with Crippen LogP contribution in [0.5, 0.6) is 0 Å². The third kappa shape index (κ3) is 2.69. The predicted octanol–water partition coefficient (Wildman–Crippen LogP) is 1.08. The Hall–Kier alpha value is -1.56. The lowest BCUT2D eigenvalue weighted by Gasteiger charge is -1.98. The Balaban J connectivity index is 1.96. The molecule has 2 aromatic heterocycles. The molecule has 2 N–H and O–H groups in total. The molecule has 0 amide bonds. The topological polar surface area (TPSA) is 69.6 Å². The molecule has 0 aromatic carbocycles. The van der Waals surface area contributed by atoms with Crippen molar-refractivity contribution in [2.45, 2.75) is 10.6 Å². The molecule has 0 unspecified atom stereocenters. The van der Waals surface area contributed by atoms with E-state index in [-0.39, 0.29) is 0 Å². The molecule has 2 aromatic rings. The van der Waals surface area contributed by atoms with Gasteiger partial charge in [-0.15, -0.1) is 11.8 Å². The van der Waals surface area contributed by atoms with E-state index < -0.39 is 0 Å². The zero-order chi connectivity index (χ0) is 10.7. The van der Waals surface area contributed by atoms with Gasteiger partial charge in [-0.2, -0.15) is 5.10 Å². The zero-order valence-corrected chi connectivity index (χ0v) is 9.11. The first-order chi connectivity index (χ1) is 7.24. The number of aromatic nitrogens is 4. The zero-order valence-electron chi connectivity index (χ0n) is 8.29. The summed E-state index contributed by atoms with van der Waals surface area (Å²) in [5, 5.41) is 4.08. The molecule has 5 nitrogen and oxygen atoms in total. The van der Waals surface area contributed by atoms with Crippen molar-refractivity contribution in [1.29, 1.82) is 0 Å². The van der Waals surface area contributed by atoms with Gasteiger partial charge < -0.3 is 5.73 Å². The Kier molecular flexibility index (Phi) is 2.86. The number of thioether (sulfide) groups is 1. The van der Waals surface area contributed by atoms with E-state index in [1.54, 1.807) is 28.8 Å². The summed E-state index contributed by atoms with van der Waals surface area (Å²) in [5.74, 6) is 1.23. The molecule has 0 radical (unpaired) electrons. The van der Waals surface area contributed by atoms with Crippen LogP contribution in [0.15, 0.2) is 29.7 Å². The van der Waals surface area contributed by atoms with Gasteiger partial charge in [-0.05, 0) is 0 Å². The Morgan fingerprint density at radius 2 is 2.20 bits per heavy atom. The number of nitrogens with zero attached hydrogens (tertiary/aromatic N) is 4. The second kappa shape index (κ2) is 4.31. The van der Waals surface area contributed by atoms with Crippen LogP contribution in [0, 0.1) is 0 Å². The molecule has 2 rings (SSSR count). The molecule has 6 heteroatoms. The van der Waals surface area contributed by atoms with E-state index in [0.29, 0.717) is 5.82 Å². The van der Waals surface area contributed by atoms with Crippen LogP contribution in [0.4, 0.5) is 5.82 Å². The van der Waals surface area contributed by atoms with Crippen LogP contribution in [0.25, 0.3) is 0 Å². The number of aryl methyl sites for hydroxylation is 1. The molecule has 0 aliphatic heterocycles. The van der Waals surface area contributed by atoms with Gasteiger partial charge in [0, 0.05) is 23.9 Å². The van der Waals surface area contributed by atoms with Crippen molar-refractivity contribution >= 4 is 17.6 Å². The maximum absolute atomic E-state index is 5.44. The largest absolute Gasteiger partial charge is 0.382 e. The summed E-state index contributed by atoms with van der Waals surface area (Å²) in [7, 11) is 1.90. The van der Waals surface area contributed by atoms with E-state index in [9.17, 15) is 0 Å². The van der Waals surface area contributed by atoms with E-state index >= 15 is 0 Å². The van der Waals surface area contributed by atoms with Crippen molar-refractivity contribution in [2.24, 2.45) is 7.05 Å². The van der Waals surface area contributed by atoms with Crippen molar-refractivity contribution in [2.75, 3.05) is 5.73 Å². The molecule has 0 bridgehead atoms. The van der Waals surface area contributed by atoms with Gasteiger partial charge in [0.2, 0.25) is 0 Å². The lowest BCUT2D eigenvalue weighted by atomic mass is 10.5. The van der Waals surface area contributed by atoms with Crippen molar-refractivity contribution in [3.63, 3.8) is 0 Å². The number of nitrogens with two attached hydrogens (primary N) is 1. The molecule has 0 aliphatic rings. The van der Waals surface area contributed by atoms with E-state index in [0.717, 1.165) is 16.3 Å². The average molecular weight is 221 g/mol. The van der Waals surface area contributed by atoms with Crippen molar-refractivity contribution in [3.8, 4) is 0 Å². The highest BCUT2D eigenvalue weighted by atomic mass is 32.2. The second-order valence-electron chi connectivity index (χ2n) is 3.07. The quantitative estimate of drug-likeness (QED) is 0.785. The summed E-state index contributed by atoms with van der Waals surface area (Å²) in [6.45, 7) is 0. The van der Waals surface area contributed by atoms with Crippen LogP contribution in [-0.4, -0.2) is 19.7 Å². The first-order valence-electron chi connectivity index (χ1n) is 4.42. The molecule has 78 valence electrons. The Bertz CT molecular complexity index is 436. The van der Waals surface area contributed by atoms with Gasteiger partial charge in [0.05, 0.1) is 24.3 Å². The van der Waals surface area contributed by atoms with Crippen LogP contribution >= 0.6 is 11.8 Å². The first-order valence-corrected chi connectivity index (χ1v) is 5.40. The molecule has 0 aliphatic carbocycles. The van der Waals surface area contributed by atoms with Gasteiger partial charge in [0.1, 0.15) is 5.82 Å². The molecule has 15 heavy (non-hydrogen) atoms. The Labute approximate surface area is 91.7 Å². The van der Waals surface area contributed by atoms with Crippen LogP contribution in [0.3, 0.4) is 0 Å². The van der Waals surface area contributed by atoms with Gasteiger partial charge in [-0.3, -0.25) is 9.67 Å². The fourth-order valence-electron chi connectivity index (χ4n) is 1.07. The fraction of sp³-hybridized carbons (Fsp3) is 0.222. The number of rotatable bonds is 3. The third-order valence-electron chi connectivity index (χ3n) is 1.79. The molecular weight excluding hydrogens is 210 g/mol. The summed E-state index contributed by atoms with van der Waals surface area (Å²) >= 11 is 1.67. The fourth-order valence-corrected chi connectivity index (χ4v) is 1.88. The number of hydrogen-bond donors (Lipinski definition) is 1. The van der Waals surface area contributed by atoms with E-state index in [4.69, 9.17) is 5.73 Å². The van der Waals surface area contributed by atoms with Crippen LogP contribution in [0.2, 0.25) is 0 Å². The maximum Gasteiger partial charge on any atom is 0.141 e. The summed E-state index contributed by atoms with van der Waals surface area (Å²) < 4.78 is 1.77.